The average molecular weight is 239 g/mol. The van der Waals surface area contributed by atoms with Gasteiger partial charge in [0.25, 0.3) is 0 Å². The maximum absolute atomic E-state index is 8.95. The van der Waals surface area contributed by atoms with Crippen molar-refractivity contribution >= 4 is 11.4 Å². The van der Waals surface area contributed by atoms with Crippen LogP contribution in [-0.2, 0) is 0 Å². The van der Waals surface area contributed by atoms with Crippen molar-refractivity contribution in [1.29, 1.82) is 5.26 Å². The van der Waals surface area contributed by atoms with Gasteiger partial charge in [0.2, 0.25) is 0 Å². The van der Waals surface area contributed by atoms with Crippen molar-refractivity contribution in [2.75, 3.05) is 18.6 Å². The minimum Gasteiger partial charge on any atom is -0.496 e. The second-order valence-corrected chi connectivity index (χ2v) is 3.87. The first-order valence-corrected chi connectivity index (χ1v) is 5.39. The largest absolute Gasteiger partial charge is 0.496 e. The summed E-state index contributed by atoms with van der Waals surface area (Å²) < 4.78 is 5.29. The molecule has 4 nitrogen and oxygen atoms in total. The molecule has 4 heteroatoms. The van der Waals surface area contributed by atoms with E-state index in [1.807, 2.05) is 0 Å². The van der Waals surface area contributed by atoms with Crippen LogP contribution in [0.3, 0.4) is 0 Å². The number of hydrogen-bond acceptors (Lipinski definition) is 4. The third kappa shape index (κ3) is 2.06. The highest BCUT2D eigenvalue weighted by Crippen LogP contribution is 2.35. The van der Waals surface area contributed by atoms with Gasteiger partial charge in [-0.25, -0.2) is 0 Å². The van der Waals surface area contributed by atoms with E-state index in [9.17, 15) is 0 Å². The Morgan fingerprint density at radius 1 is 1.06 bits per heavy atom. The summed E-state index contributed by atoms with van der Waals surface area (Å²) in [6.07, 6.45) is 0. The number of methoxy groups -OCH3 is 1. The molecular weight excluding hydrogens is 226 g/mol. The number of ether oxygens (including phenoxy) is 1. The summed E-state index contributed by atoms with van der Waals surface area (Å²) in [5.74, 6) is 0.659. The molecule has 0 aromatic heterocycles. The second-order valence-electron chi connectivity index (χ2n) is 3.87. The van der Waals surface area contributed by atoms with Gasteiger partial charge < -0.3 is 16.2 Å². The zero-order valence-corrected chi connectivity index (χ0v) is 9.97. The maximum atomic E-state index is 8.95. The molecule has 0 bridgehead atoms. The summed E-state index contributed by atoms with van der Waals surface area (Å²) >= 11 is 0. The number of hydrogen-bond donors (Lipinski definition) is 2. The Morgan fingerprint density at radius 3 is 2.50 bits per heavy atom. The second kappa shape index (κ2) is 4.68. The van der Waals surface area contributed by atoms with Crippen molar-refractivity contribution in [1.82, 2.24) is 0 Å². The molecule has 0 saturated carbocycles. The molecule has 0 aliphatic carbocycles. The van der Waals surface area contributed by atoms with Gasteiger partial charge in [-0.2, -0.15) is 5.26 Å². The van der Waals surface area contributed by atoms with E-state index in [1.54, 1.807) is 43.5 Å². The molecule has 0 radical (unpaired) electrons. The molecule has 90 valence electrons. The van der Waals surface area contributed by atoms with Gasteiger partial charge in [0.05, 0.1) is 18.7 Å². The number of nitrogen functional groups attached to an aromatic ring is 2. The van der Waals surface area contributed by atoms with Gasteiger partial charge in [-0.1, -0.05) is 0 Å². The lowest BCUT2D eigenvalue weighted by atomic mass is 10.00. The van der Waals surface area contributed by atoms with Crippen LogP contribution in [0.5, 0.6) is 5.75 Å². The average Bonchev–Trinajstić information content (AvgIpc) is 2.40. The molecule has 0 aliphatic rings. The smallest absolute Gasteiger partial charge is 0.126 e. The maximum Gasteiger partial charge on any atom is 0.126 e. The van der Waals surface area contributed by atoms with E-state index in [4.69, 9.17) is 21.5 Å². The fourth-order valence-electron chi connectivity index (χ4n) is 1.80. The predicted molar refractivity (Wildman–Crippen MR) is 72.0 cm³/mol. The standard InChI is InChI=1S/C14H13N3O/c1-18-14-5-2-9(8-15)6-12(14)11-7-10(16)3-4-13(11)17/h2-7H,16-17H2,1H3. The van der Waals surface area contributed by atoms with Crippen molar-refractivity contribution in [2.45, 2.75) is 0 Å². The minimum absolute atomic E-state index is 0.549. The number of nitriles is 1. The molecule has 18 heavy (non-hydrogen) atoms. The van der Waals surface area contributed by atoms with Crippen LogP contribution in [0.25, 0.3) is 11.1 Å². The molecule has 2 aromatic carbocycles. The molecule has 4 N–H and O–H groups in total. The third-order valence-corrected chi connectivity index (χ3v) is 2.70. The van der Waals surface area contributed by atoms with Crippen molar-refractivity contribution in [3.63, 3.8) is 0 Å². The predicted octanol–water partition coefficient (Wildman–Crippen LogP) is 2.40. The molecule has 0 spiro atoms. The van der Waals surface area contributed by atoms with Crippen LogP contribution < -0.4 is 16.2 Å². The van der Waals surface area contributed by atoms with Crippen LogP contribution >= 0.6 is 0 Å². The van der Waals surface area contributed by atoms with E-state index in [0.29, 0.717) is 22.7 Å². The van der Waals surface area contributed by atoms with E-state index in [0.717, 1.165) is 11.1 Å². The Balaban J connectivity index is 2.69. The lowest BCUT2D eigenvalue weighted by Gasteiger charge is -2.11. The number of benzene rings is 2. The zero-order chi connectivity index (χ0) is 13.1. The van der Waals surface area contributed by atoms with E-state index in [1.165, 1.54) is 0 Å². The molecule has 0 atom stereocenters. The molecular formula is C14H13N3O. The minimum atomic E-state index is 0.549. The summed E-state index contributed by atoms with van der Waals surface area (Å²) in [7, 11) is 1.58. The zero-order valence-electron chi connectivity index (χ0n) is 9.97. The van der Waals surface area contributed by atoms with Crippen LogP contribution in [0.15, 0.2) is 36.4 Å². The van der Waals surface area contributed by atoms with E-state index in [-0.39, 0.29) is 0 Å². The van der Waals surface area contributed by atoms with Crippen LogP contribution in [-0.4, -0.2) is 7.11 Å². The Labute approximate surface area is 105 Å². The number of anilines is 2. The van der Waals surface area contributed by atoms with Gasteiger partial charge >= 0.3 is 0 Å². The first-order chi connectivity index (χ1) is 8.65. The summed E-state index contributed by atoms with van der Waals surface area (Å²) in [5.41, 5.74) is 15.0. The van der Waals surface area contributed by atoms with Crippen LogP contribution in [0, 0.1) is 11.3 Å². The molecule has 0 unspecified atom stereocenters. The first-order valence-electron chi connectivity index (χ1n) is 5.39. The molecule has 0 amide bonds. The quantitative estimate of drug-likeness (QED) is 0.788. The highest BCUT2D eigenvalue weighted by molar-refractivity contribution is 5.83. The van der Waals surface area contributed by atoms with Gasteiger partial charge in [-0.15, -0.1) is 0 Å². The Bertz CT molecular complexity index is 629. The van der Waals surface area contributed by atoms with Gasteiger partial charge in [0, 0.05) is 22.5 Å². The fourth-order valence-corrected chi connectivity index (χ4v) is 1.80. The Kier molecular flexibility index (Phi) is 3.07. The SMILES string of the molecule is COc1ccc(C#N)cc1-c1cc(N)ccc1N. The van der Waals surface area contributed by atoms with Gasteiger partial charge in [-0.3, -0.25) is 0 Å². The molecule has 0 heterocycles. The van der Waals surface area contributed by atoms with Crippen molar-refractivity contribution < 1.29 is 4.74 Å². The number of rotatable bonds is 2. The Hall–Kier alpha value is -2.67. The topological polar surface area (TPSA) is 85.1 Å². The summed E-state index contributed by atoms with van der Waals surface area (Å²) in [5, 5.41) is 8.95. The van der Waals surface area contributed by atoms with Gasteiger partial charge in [0.15, 0.2) is 0 Å². The lowest BCUT2D eigenvalue weighted by Crippen LogP contribution is -1.95. The van der Waals surface area contributed by atoms with Gasteiger partial charge in [0.1, 0.15) is 5.75 Å². The summed E-state index contributed by atoms with van der Waals surface area (Å²) in [6.45, 7) is 0. The normalized spacial score (nSPS) is 9.78. The van der Waals surface area contributed by atoms with E-state index >= 15 is 0 Å². The van der Waals surface area contributed by atoms with Crippen molar-refractivity contribution in [3.8, 4) is 22.9 Å². The summed E-state index contributed by atoms with van der Waals surface area (Å²) in [6, 6.07) is 12.5. The molecule has 0 fully saturated rings. The van der Waals surface area contributed by atoms with Crippen LogP contribution in [0.4, 0.5) is 11.4 Å². The van der Waals surface area contributed by atoms with E-state index < -0.39 is 0 Å². The van der Waals surface area contributed by atoms with Crippen molar-refractivity contribution in [3.05, 3.63) is 42.0 Å². The molecule has 0 aliphatic heterocycles. The molecule has 0 saturated heterocycles. The Morgan fingerprint density at radius 2 is 1.83 bits per heavy atom. The fraction of sp³-hybridized carbons (Fsp3) is 0.0714. The van der Waals surface area contributed by atoms with E-state index in [2.05, 4.69) is 6.07 Å². The monoisotopic (exact) mass is 239 g/mol. The lowest BCUT2D eigenvalue weighted by molar-refractivity contribution is 0.416. The highest BCUT2D eigenvalue weighted by atomic mass is 16.5. The highest BCUT2D eigenvalue weighted by Gasteiger charge is 2.10. The third-order valence-electron chi connectivity index (χ3n) is 2.70. The van der Waals surface area contributed by atoms with Crippen LogP contribution in [0.1, 0.15) is 5.56 Å². The van der Waals surface area contributed by atoms with Gasteiger partial charge in [-0.05, 0) is 36.4 Å². The van der Waals surface area contributed by atoms with Crippen LogP contribution in [0.2, 0.25) is 0 Å². The molecule has 2 aromatic rings. The number of nitrogens with two attached hydrogens (primary N) is 2. The summed E-state index contributed by atoms with van der Waals surface area (Å²) in [4.78, 5) is 0. The van der Waals surface area contributed by atoms with Crippen molar-refractivity contribution in [2.24, 2.45) is 0 Å². The molecule has 2 rings (SSSR count). The number of nitrogens with zero attached hydrogens (tertiary/aromatic N) is 1. The first kappa shape index (κ1) is 11.8.